The molecule has 0 radical (unpaired) electrons. The van der Waals surface area contributed by atoms with Crippen molar-refractivity contribution < 1.29 is 9.50 Å². The van der Waals surface area contributed by atoms with Crippen molar-refractivity contribution >= 4 is 68.3 Å². The van der Waals surface area contributed by atoms with E-state index in [4.69, 9.17) is 23.2 Å². The van der Waals surface area contributed by atoms with Gasteiger partial charge in [0.1, 0.15) is 17.7 Å². The molecule has 1 aliphatic heterocycles. The first-order chi connectivity index (χ1) is 16.9. The number of benzene rings is 2. The van der Waals surface area contributed by atoms with Gasteiger partial charge in [0.25, 0.3) is 5.56 Å². The van der Waals surface area contributed by atoms with Crippen molar-refractivity contribution in [2.45, 2.75) is 6.10 Å². The van der Waals surface area contributed by atoms with Crippen molar-refractivity contribution in [2.24, 2.45) is 4.99 Å². The van der Waals surface area contributed by atoms with Gasteiger partial charge in [-0.1, -0.05) is 23.2 Å². The number of halogens is 3. The number of aromatic amines is 1. The summed E-state index contributed by atoms with van der Waals surface area (Å²) in [6.45, 7) is 0.846. The highest BCUT2D eigenvalue weighted by Gasteiger charge is 2.16. The molecule has 178 valence electrons. The Balaban J connectivity index is 1.53. The molecule has 1 unspecified atom stereocenters. The van der Waals surface area contributed by atoms with Gasteiger partial charge >= 0.3 is 0 Å². The molecule has 1 atom stereocenters. The van der Waals surface area contributed by atoms with Crippen molar-refractivity contribution in [1.82, 2.24) is 15.3 Å². The van der Waals surface area contributed by atoms with E-state index in [2.05, 4.69) is 30.9 Å². The van der Waals surface area contributed by atoms with Gasteiger partial charge in [0.15, 0.2) is 0 Å². The van der Waals surface area contributed by atoms with E-state index >= 15 is 0 Å². The molecule has 0 saturated heterocycles. The van der Waals surface area contributed by atoms with Crippen LogP contribution in [0.2, 0.25) is 10.0 Å². The molecule has 0 spiro atoms. The van der Waals surface area contributed by atoms with Crippen LogP contribution >= 0.6 is 23.2 Å². The molecule has 0 aliphatic carbocycles. The Bertz CT molecular complexity index is 1550. The zero-order chi connectivity index (χ0) is 24.5. The Morgan fingerprint density at radius 1 is 1.14 bits per heavy atom. The third-order valence-corrected chi connectivity index (χ3v) is 6.10. The number of nitrogens with zero attached hydrogens (tertiary/aromatic N) is 2. The lowest BCUT2D eigenvalue weighted by Gasteiger charge is -2.17. The zero-order valence-electron chi connectivity index (χ0n) is 18.1. The van der Waals surface area contributed by atoms with Gasteiger partial charge in [-0.25, -0.2) is 9.37 Å². The highest BCUT2D eigenvalue weighted by molar-refractivity contribution is 6.39. The highest BCUT2D eigenvalue weighted by Crippen LogP contribution is 2.36. The molecule has 35 heavy (non-hydrogen) atoms. The molecule has 8 nitrogen and oxygen atoms in total. The molecule has 2 aromatic carbocycles. The number of aliphatic imine (C=N–C) groups is 1. The second-order valence-corrected chi connectivity index (χ2v) is 8.66. The summed E-state index contributed by atoms with van der Waals surface area (Å²) >= 11 is 12.4. The number of aromatic nitrogens is 2. The molecule has 0 bridgehead atoms. The molecule has 3 heterocycles. The number of aliphatic hydroxyl groups is 1. The van der Waals surface area contributed by atoms with Gasteiger partial charge in [-0.15, -0.1) is 0 Å². The lowest BCUT2D eigenvalue weighted by atomic mass is 10.1. The molecule has 0 amide bonds. The summed E-state index contributed by atoms with van der Waals surface area (Å²) in [5, 5.41) is 21.3. The van der Waals surface area contributed by atoms with Gasteiger partial charge in [0.05, 0.1) is 32.3 Å². The number of hydrogen-bond acceptors (Lipinski definition) is 7. The van der Waals surface area contributed by atoms with Crippen molar-refractivity contribution in [1.29, 1.82) is 0 Å². The quantitative estimate of drug-likeness (QED) is 0.242. The maximum absolute atomic E-state index is 13.6. The predicted molar refractivity (Wildman–Crippen MR) is 139 cm³/mol. The average molecular weight is 513 g/mol. The van der Waals surface area contributed by atoms with Crippen LogP contribution in [0.5, 0.6) is 0 Å². The highest BCUT2D eigenvalue weighted by atomic mass is 35.5. The van der Waals surface area contributed by atoms with Crippen molar-refractivity contribution in [3.8, 4) is 0 Å². The molecule has 5 rings (SSSR count). The van der Waals surface area contributed by atoms with E-state index in [9.17, 15) is 14.3 Å². The van der Waals surface area contributed by atoms with Gasteiger partial charge < -0.3 is 26.0 Å². The Labute approximate surface area is 208 Å². The van der Waals surface area contributed by atoms with Crippen molar-refractivity contribution in [2.75, 3.05) is 23.7 Å². The van der Waals surface area contributed by atoms with E-state index in [-0.39, 0.29) is 27.8 Å². The summed E-state index contributed by atoms with van der Waals surface area (Å²) in [5.41, 5.74) is 1.74. The summed E-state index contributed by atoms with van der Waals surface area (Å²) in [4.78, 5) is 24.4. The maximum atomic E-state index is 13.6. The van der Waals surface area contributed by atoms with Gasteiger partial charge in [0, 0.05) is 48.2 Å². The van der Waals surface area contributed by atoms with Gasteiger partial charge in [-0.2, -0.15) is 0 Å². The Morgan fingerprint density at radius 2 is 1.94 bits per heavy atom. The SMILES string of the molecule is O=c1[nH]ccc2c(Nc3c(Cl)cc(F)cc3Cl)nc3ccc(NCC(O)C4=CNCC=N4)cc3c12. The minimum absolute atomic E-state index is 0.0839. The lowest BCUT2D eigenvalue weighted by molar-refractivity contribution is 0.221. The summed E-state index contributed by atoms with van der Waals surface area (Å²) < 4.78 is 13.6. The number of rotatable bonds is 6. The van der Waals surface area contributed by atoms with Crippen LogP contribution < -0.4 is 21.5 Å². The van der Waals surface area contributed by atoms with Crippen LogP contribution in [0, 0.1) is 5.82 Å². The van der Waals surface area contributed by atoms with E-state index in [1.165, 1.54) is 6.20 Å². The van der Waals surface area contributed by atoms with E-state index in [0.717, 1.165) is 12.1 Å². The minimum atomic E-state index is -0.815. The van der Waals surface area contributed by atoms with Crippen LogP contribution in [0.1, 0.15) is 0 Å². The molecule has 5 N–H and O–H groups in total. The predicted octanol–water partition coefficient (Wildman–Crippen LogP) is 4.55. The number of fused-ring (bicyclic) bond motifs is 3. The minimum Gasteiger partial charge on any atom is -0.385 e. The van der Waals surface area contributed by atoms with Crippen LogP contribution in [0.15, 0.2) is 64.3 Å². The molecule has 2 aromatic heterocycles. The third-order valence-electron chi connectivity index (χ3n) is 5.50. The first-order valence-electron chi connectivity index (χ1n) is 10.7. The van der Waals surface area contributed by atoms with Crippen LogP contribution in [0.3, 0.4) is 0 Å². The first-order valence-corrected chi connectivity index (χ1v) is 11.4. The normalized spacial score (nSPS) is 14.0. The number of nitrogens with one attached hydrogen (secondary N) is 4. The molecule has 11 heteroatoms. The van der Waals surface area contributed by atoms with Crippen molar-refractivity contribution in [3.63, 3.8) is 0 Å². The fraction of sp³-hybridized carbons (Fsp3) is 0.125. The number of aliphatic hydroxyl groups excluding tert-OH is 1. The average Bonchev–Trinajstić information content (AvgIpc) is 2.85. The van der Waals surface area contributed by atoms with E-state index in [0.29, 0.717) is 45.4 Å². The maximum Gasteiger partial charge on any atom is 0.256 e. The number of hydrogen-bond donors (Lipinski definition) is 5. The Kier molecular flexibility index (Phi) is 6.29. The summed E-state index contributed by atoms with van der Waals surface area (Å²) in [5.74, 6) is -0.217. The third kappa shape index (κ3) is 4.66. The zero-order valence-corrected chi connectivity index (χ0v) is 19.6. The summed E-state index contributed by atoms with van der Waals surface area (Å²) in [7, 11) is 0. The van der Waals surface area contributed by atoms with E-state index in [1.807, 2.05) is 0 Å². The van der Waals surface area contributed by atoms with Crippen LogP contribution in [-0.2, 0) is 0 Å². The molecule has 0 saturated carbocycles. The van der Waals surface area contributed by atoms with Gasteiger partial charge in [-0.05, 0) is 36.4 Å². The molecule has 1 aliphatic rings. The van der Waals surface area contributed by atoms with E-state index in [1.54, 1.807) is 36.7 Å². The lowest BCUT2D eigenvalue weighted by Crippen LogP contribution is -2.25. The first kappa shape index (κ1) is 23.1. The summed E-state index contributed by atoms with van der Waals surface area (Å²) in [6.07, 6.45) is 4.07. The second-order valence-electron chi connectivity index (χ2n) is 7.84. The molecule has 0 fully saturated rings. The van der Waals surface area contributed by atoms with Crippen LogP contribution in [0.25, 0.3) is 21.7 Å². The van der Waals surface area contributed by atoms with Crippen LogP contribution in [-0.4, -0.2) is 40.5 Å². The van der Waals surface area contributed by atoms with Gasteiger partial charge in [0.2, 0.25) is 0 Å². The fourth-order valence-corrected chi connectivity index (χ4v) is 4.40. The Morgan fingerprint density at radius 3 is 2.69 bits per heavy atom. The smallest absolute Gasteiger partial charge is 0.256 e. The summed E-state index contributed by atoms with van der Waals surface area (Å²) in [6, 6.07) is 9.34. The van der Waals surface area contributed by atoms with Gasteiger partial charge in [-0.3, -0.25) is 9.79 Å². The largest absolute Gasteiger partial charge is 0.385 e. The van der Waals surface area contributed by atoms with E-state index < -0.39 is 11.9 Å². The standard InChI is InChI=1S/C24H19Cl2FN6O2/c25-16-7-12(27)8-17(26)22(16)33-23-14-3-4-30-24(35)21(14)15-9-13(1-2-18(15)32-23)31-11-20(34)19-10-28-5-6-29-19/h1-4,6-10,20,28,31,34H,5,11H2,(H,30,35)(H,32,33). The molecule has 4 aromatic rings. The topological polar surface area (TPSA) is 114 Å². The van der Waals surface area contributed by atoms with Crippen LogP contribution in [0.4, 0.5) is 21.6 Å². The number of pyridine rings is 2. The monoisotopic (exact) mass is 512 g/mol. The number of H-pyrrole nitrogens is 1. The Hall–Kier alpha value is -3.66. The fourth-order valence-electron chi connectivity index (χ4n) is 3.85. The molecular weight excluding hydrogens is 494 g/mol. The molecular formula is C24H19Cl2FN6O2. The number of anilines is 3. The second kappa shape index (κ2) is 9.53. The van der Waals surface area contributed by atoms with Crippen molar-refractivity contribution in [3.05, 3.63) is 80.7 Å².